The Morgan fingerprint density at radius 3 is 2.68 bits per heavy atom. The first kappa shape index (κ1) is 17.8. The zero-order valence-corrected chi connectivity index (χ0v) is 16.1. The molecule has 0 unspecified atom stereocenters. The predicted molar refractivity (Wildman–Crippen MR) is 102 cm³/mol. The molecule has 3 atom stereocenters. The van der Waals surface area contributed by atoms with Crippen LogP contribution < -0.4 is 14.8 Å². The van der Waals surface area contributed by atoms with E-state index >= 15 is 0 Å². The van der Waals surface area contributed by atoms with E-state index in [-0.39, 0.29) is 18.5 Å². The first-order valence-corrected chi connectivity index (χ1v) is 10.6. The molecule has 1 spiro atoms. The van der Waals surface area contributed by atoms with Crippen molar-refractivity contribution in [1.29, 1.82) is 0 Å². The third kappa shape index (κ3) is 3.45. The second-order valence-electron chi connectivity index (χ2n) is 8.83. The van der Waals surface area contributed by atoms with Crippen LogP contribution in [0.4, 0.5) is 5.69 Å². The Labute approximate surface area is 164 Å². The molecule has 2 bridgehead atoms. The van der Waals surface area contributed by atoms with Crippen molar-refractivity contribution in [3.8, 4) is 11.5 Å². The lowest BCUT2D eigenvalue weighted by atomic mass is 9.86. The van der Waals surface area contributed by atoms with E-state index in [9.17, 15) is 9.59 Å². The van der Waals surface area contributed by atoms with E-state index in [0.717, 1.165) is 43.8 Å². The monoisotopic (exact) mass is 385 g/mol. The molecule has 1 heterocycles. The number of esters is 1. The molecule has 1 amide bonds. The minimum atomic E-state index is -0.514. The van der Waals surface area contributed by atoms with Gasteiger partial charge in [-0.15, -0.1) is 0 Å². The van der Waals surface area contributed by atoms with Crippen molar-refractivity contribution in [3.63, 3.8) is 0 Å². The fourth-order valence-electron chi connectivity index (χ4n) is 5.53. The quantitative estimate of drug-likeness (QED) is 0.775. The number of hydrogen-bond donors (Lipinski definition) is 1. The van der Waals surface area contributed by atoms with Gasteiger partial charge in [0.2, 0.25) is 0 Å². The van der Waals surface area contributed by atoms with Crippen LogP contribution in [0.1, 0.15) is 57.8 Å². The second kappa shape index (κ2) is 6.98. The maximum absolute atomic E-state index is 12.2. The molecule has 1 aromatic carbocycles. The van der Waals surface area contributed by atoms with Crippen molar-refractivity contribution in [1.82, 2.24) is 0 Å². The van der Waals surface area contributed by atoms with Gasteiger partial charge in [0.15, 0.2) is 18.1 Å². The number of rotatable bonds is 5. The van der Waals surface area contributed by atoms with Crippen molar-refractivity contribution in [2.75, 3.05) is 11.9 Å². The summed E-state index contributed by atoms with van der Waals surface area (Å²) in [5, 5.41) is 2.77. The standard InChI is InChI=1S/C22H27NO5/c24-20(13-26-21(25)11-16-10-14-3-4-15(16)9-14)23-17-5-6-18-19(12-17)28-22(27-18)7-1-2-8-22/h5-6,12,14-16H,1-4,7-11,13H2,(H,23,24)/t14-,15+,16+/m0/s1. The maximum atomic E-state index is 12.2. The molecule has 150 valence electrons. The Morgan fingerprint density at radius 1 is 1.11 bits per heavy atom. The van der Waals surface area contributed by atoms with Crippen LogP contribution in [-0.2, 0) is 14.3 Å². The van der Waals surface area contributed by atoms with Crippen LogP contribution in [0.2, 0.25) is 0 Å². The number of carbonyl (C=O) groups is 2. The molecule has 0 saturated heterocycles. The fourth-order valence-corrected chi connectivity index (χ4v) is 5.53. The SMILES string of the molecule is O=C(COC(=O)C[C@H]1C[C@H]2CC[C@@H]1C2)Nc1ccc2c(c1)OC1(CCCC1)O2. The number of carbonyl (C=O) groups excluding carboxylic acids is 2. The van der Waals surface area contributed by atoms with E-state index in [1.807, 2.05) is 6.07 Å². The van der Waals surface area contributed by atoms with E-state index in [2.05, 4.69) is 5.32 Å². The van der Waals surface area contributed by atoms with Crippen molar-refractivity contribution in [2.24, 2.45) is 17.8 Å². The van der Waals surface area contributed by atoms with E-state index in [4.69, 9.17) is 14.2 Å². The van der Waals surface area contributed by atoms with Gasteiger partial charge in [0, 0.05) is 31.0 Å². The van der Waals surface area contributed by atoms with Crippen molar-refractivity contribution < 1.29 is 23.8 Å². The first-order chi connectivity index (χ1) is 13.6. The number of hydrogen-bond acceptors (Lipinski definition) is 5. The average Bonchev–Trinajstić information content (AvgIpc) is 3.44. The minimum absolute atomic E-state index is 0.252. The zero-order valence-electron chi connectivity index (χ0n) is 16.1. The fraction of sp³-hybridized carbons (Fsp3) is 0.636. The van der Waals surface area contributed by atoms with Crippen molar-refractivity contribution in [3.05, 3.63) is 18.2 Å². The Balaban J connectivity index is 1.10. The molecule has 5 rings (SSSR count). The molecule has 28 heavy (non-hydrogen) atoms. The van der Waals surface area contributed by atoms with Gasteiger partial charge >= 0.3 is 5.97 Å². The second-order valence-corrected chi connectivity index (χ2v) is 8.83. The third-order valence-electron chi connectivity index (χ3n) is 6.86. The molecular weight excluding hydrogens is 358 g/mol. The molecule has 3 saturated carbocycles. The van der Waals surface area contributed by atoms with Crippen LogP contribution in [0.3, 0.4) is 0 Å². The van der Waals surface area contributed by atoms with Crippen LogP contribution in [0.5, 0.6) is 11.5 Å². The molecule has 6 heteroatoms. The minimum Gasteiger partial charge on any atom is -0.456 e. The van der Waals surface area contributed by atoms with Crippen molar-refractivity contribution >= 4 is 17.6 Å². The highest BCUT2D eigenvalue weighted by Gasteiger charge is 2.44. The Kier molecular flexibility index (Phi) is 4.44. The molecule has 4 aliphatic rings. The smallest absolute Gasteiger partial charge is 0.306 e. The van der Waals surface area contributed by atoms with Crippen LogP contribution in [-0.4, -0.2) is 24.3 Å². The topological polar surface area (TPSA) is 73.9 Å². The van der Waals surface area contributed by atoms with Gasteiger partial charge in [-0.25, -0.2) is 0 Å². The van der Waals surface area contributed by atoms with Crippen LogP contribution in [0.25, 0.3) is 0 Å². The van der Waals surface area contributed by atoms with Gasteiger partial charge < -0.3 is 19.5 Å². The first-order valence-electron chi connectivity index (χ1n) is 10.6. The molecule has 3 aliphatic carbocycles. The summed E-state index contributed by atoms with van der Waals surface area (Å²) in [6, 6.07) is 5.38. The highest BCUT2D eigenvalue weighted by atomic mass is 16.7. The Hall–Kier alpha value is -2.24. The summed E-state index contributed by atoms with van der Waals surface area (Å²) in [6.07, 6.45) is 9.40. The molecule has 6 nitrogen and oxygen atoms in total. The molecular formula is C22H27NO5. The van der Waals surface area contributed by atoms with Gasteiger partial charge in [0.1, 0.15) is 0 Å². The molecule has 0 aromatic heterocycles. The summed E-state index contributed by atoms with van der Waals surface area (Å²) in [7, 11) is 0. The van der Waals surface area contributed by atoms with E-state index in [1.54, 1.807) is 12.1 Å². The molecule has 0 radical (unpaired) electrons. The number of fused-ring (bicyclic) bond motifs is 3. The summed E-state index contributed by atoms with van der Waals surface area (Å²) in [4.78, 5) is 24.3. The highest BCUT2D eigenvalue weighted by Crippen LogP contribution is 2.49. The van der Waals surface area contributed by atoms with Crippen LogP contribution >= 0.6 is 0 Å². The highest BCUT2D eigenvalue weighted by molar-refractivity contribution is 5.93. The van der Waals surface area contributed by atoms with Gasteiger partial charge in [0.05, 0.1) is 0 Å². The Morgan fingerprint density at radius 2 is 1.93 bits per heavy atom. The molecule has 1 N–H and O–H groups in total. The lowest BCUT2D eigenvalue weighted by molar-refractivity contribution is -0.148. The lowest BCUT2D eigenvalue weighted by Gasteiger charge is -2.21. The summed E-state index contributed by atoms with van der Waals surface area (Å²) in [6.45, 7) is -0.252. The maximum Gasteiger partial charge on any atom is 0.306 e. The summed E-state index contributed by atoms with van der Waals surface area (Å²) >= 11 is 0. The predicted octanol–water partition coefficient (Wildman–Crippen LogP) is 4.04. The van der Waals surface area contributed by atoms with E-state index in [0.29, 0.717) is 29.7 Å². The summed E-state index contributed by atoms with van der Waals surface area (Å²) in [5.41, 5.74) is 0.617. The molecule has 1 aliphatic heterocycles. The number of ether oxygens (including phenoxy) is 3. The number of nitrogens with one attached hydrogen (secondary N) is 1. The van der Waals surface area contributed by atoms with Gasteiger partial charge in [-0.05, 0) is 62.0 Å². The number of benzene rings is 1. The van der Waals surface area contributed by atoms with Crippen LogP contribution in [0, 0.1) is 17.8 Å². The lowest BCUT2D eigenvalue weighted by Crippen LogP contribution is -2.34. The molecule has 3 fully saturated rings. The number of anilines is 1. The van der Waals surface area contributed by atoms with Crippen LogP contribution in [0.15, 0.2) is 18.2 Å². The molecule has 1 aromatic rings. The summed E-state index contributed by atoms with van der Waals surface area (Å²) < 4.78 is 17.2. The van der Waals surface area contributed by atoms with Crippen molar-refractivity contribution in [2.45, 2.75) is 63.6 Å². The third-order valence-corrected chi connectivity index (χ3v) is 6.86. The largest absolute Gasteiger partial charge is 0.456 e. The van der Waals surface area contributed by atoms with E-state index < -0.39 is 5.79 Å². The summed E-state index contributed by atoms with van der Waals surface area (Å²) in [5.74, 6) is 2.21. The average molecular weight is 385 g/mol. The number of amides is 1. The van der Waals surface area contributed by atoms with Gasteiger partial charge in [0.25, 0.3) is 11.7 Å². The Bertz CT molecular complexity index is 785. The van der Waals surface area contributed by atoms with Gasteiger partial charge in [-0.3, -0.25) is 9.59 Å². The normalized spacial score (nSPS) is 28.6. The van der Waals surface area contributed by atoms with E-state index in [1.165, 1.54) is 19.3 Å². The van der Waals surface area contributed by atoms with Gasteiger partial charge in [-0.1, -0.05) is 6.42 Å². The van der Waals surface area contributed by atoms with Gasteiger partial charge in [-0.2, -0.15) is 0 Å². The zero-order chi connectivity index (χ0) is 19.1.